The highest BCUT2D eigenvalue weighted by molar-refractivity contribution is 6.01. The summed E-state index contributed by atoms with van der Waals surface area (Å²) < 4.78 is 38.0. The smallest absolute Gasteiger partial charge is 0.395 e. The Hall–Kier alpha value is -3.07. The predicted molar refractivity (Wildman–Crippen MR) is 97.6 cm³/mol. The molecule has 150 valence electrons. The number of nitrogens with one attached hydrogen (secondary N) is 3. The number of alkyl halides is 3. The number of benzene rings is 2. The third-order valence-corrected chi connectivity index (χ3v) is 3.96. The zero-order chi connectivity index (χ0) is 20.9. The summed E-state index contributed by atoms with van der Waals surface area (Å²) in [6.45, 7) is 2.62. The van der Waals surface area contributed by atoms with E-state index < -0.39 is 35.6 Å². The number of aliphatic hydroxyl groups excluding tert-OH is 1. The van der Waals surface area contributed by atoms with Gasteiger partial charge in [-0.05, 0) is 50.2 Å². The Balaban J connectivity index is 2.12. The summed E-state index contributed by atoms with van der Waals surface area (Å²) in [5.74, 6) is -1.20. The van der Waals surface area contributed by atoms with Crippen LogP contribution >= 0.6 is 0 Å². The molecule has 0 unspecified atom stereocenters. The molecule has 0 saturated heterocycles. The lowest BCUT2D eigenvalue weighted by Gasteiger charge is -2.21. The van der Waals surface area contributed by atoms with Crippen LogP contribution in [0.4, 0.5) is 24.5 Å². The SMILES string of the molecule is CC(C)(CO)C(=O)NNC(=O)c1ccccc1Nc1ccc(C(F)(F)F)cc1. The molecule has 4 N–H and O–H groups in total. The van der Waals surface area contributed by atoms with Crippen molar-refractivity contribution in [2.75, 3.05) is 11.9 Å². The minimum absolute atomic E-state index is 0.171. The molecule has 9 heteroatoms. The molecule has 0 bridgehead atoms. The molecule has 0 radical (unpaired) electrons. The molecule has 0 aliphatic rings. The summed E-state index contributed by atoms with van der Waals surface area (Å²) in [7, 11) is 0. The summed E-state index contributed by atoms with van der Waals surface area (Å²) in [5.41, 5.74) is 3.51. The molecule has 2 aromatic rings. The minimum atomic E-state index is -4.43. The molecule has 28 heavy (non-hydrogen) atoms. The first kappa shape index (κ1) is 21.2. The average Bonchev–Trinajstić information content (AvgIpc) is 2.66. The van der Waals surface area contributed by atoms with Gasteiger partial charge in [-0.1, -0.05) is 12.1 Å². The quantitative estimate of drug-likeness (QED) is 0.585. The summed E-state index contributed by atoms with van der Waals surface area (Å²) in [6, 6.07) is 10.7. The topological polar surface area (TPSA) is 90.5 Å². The second kappa shape index (κ2) is 8.30. The lowest BCUT2D eigenvalue weighted by molar-refractivity contribution is -0.137. The van der Waals surface area contributed by atoms with E-state index in [2.05, 4.69) is 16.2 Å². The monoisotopic (exact) mass is 395 g/mol. The second-order valence-corrected chi connectivity index (χ2v) is 6.70. The van der Waals surface area contributed by atoms with E-state index in [1.807, 2.05) is 0 Å². The molecule has 0 saturated carbocycles. The lowest BCUT2D eigenvalue weighted by Crippen LogP contribution is -2.48. The van der Waals surface area contributed by atoms with Gasteiger partial charge in [0.2, 0.25) is 5.91 Å². The van der Waals surface area contributed by atoms with Crippen molar-refractivity contribution in [3.05, 3.63) is 59.7 Å². The first-order valence-corrected chi connectivity index (χ1v) is 8.29. The molecule has 2 amide bonds. The van der Waals surface area contributed by atoms with Gasteiger partial charge in [-0.3, -0.25) is 20.4 Å². The van der Waals surface area contributed by atoms with Crippen molar-refractivity contribution in [1.82, 2.24) is 10.9 Å². The number of halogens is 3. The van der Waals surface area contributed by atoms with Crippen LogP contribution in [-0.2, 0) is 11.0 Å². The standard InChI is InChI=1S/C19H20F3N3O3/c1-18(2,11-26)17(28)25-24-16(27)14-5-3-4-6-15(14)23-13-9-7-12(8-10-13)19(20,21)22/h3-10,23,26H,11H2,1-2H3,(H,24,27)(H,25,28). The molecular weight excluding hydrogens is 375 g/mol. The fourth-order valence-corrected chi connectivity index (χ4v) is 2.11. The van der Waals surface area contributed by atoms with Crippen LogP contribution in [-0.4, -0.2) is 23.5 Å². The number of carbonyl (C=O) groups excluding carboxylic acids is 2. The molecule has 0 spiro atoms. The average molecular weight is 395 g/mol. The number of carbonyl (C=O) groups is 2. The fourth-order valence-electron chi connectivity index (χ4n) is 2.11. The van der Waals surface area contributed by atoms with E-state index in [0.717, 1.165) is 12.1 Å². The number of hydrazine groups is 1. The number of amides is 2. The van der Waals surface area contributed by atoms with Gasteiger partial charge in [-0.15, -0.1) is 0 Å². The zero-order valence-electron chi connectivity index (χ0n) is 15.2. The van der Waals surface area contributed by atoms with Crippen molar-refractivity contribution in [1.29, 1.82) is 0 Å². The second-order valence-electron chi connectivity index (χ2n) is 6.70. The third kappa shape index (κ3) is 5.23. The molecule has 0 aliphatic carbocycles. The third-order valence-electron chi connectivity index (χ3n) is 3.96. The summed E-state index contributed by atoms with van der Waals surface area (Å²) in [4.78, 5) is 24.3. The number of anilines is 2. The molecule has 6 nitrogen and oxygen atoms in total. The Labute approximate surface area is 159 Å². The highest BCUT2D eigenvalue weighted by Crippen LogP contribution is 2.30. The van der Waals surface area contributed by atoms with Gasteiger partial charge in [0.25, 0.3) is 5.91 Å². The van der Waals surface area contributed by atoms with Crippen LogP contribution in [0.2, 0.25) is 0 Å². The molecule has 0 fully saturated rings. The number of hydrogen-bond acceptors (Lipinski definition) is 4. The number of para-hydroxylation sites is 1. The van der Waals surface area contributed by atoms with Crippen LogP contribution < -0.4 is 16.2 Å². The van der Waals surface area contributed by atoms with Gasteiger partial charge < -0.3 is 10.4 Å². The Morgan fingerprint density at radius 3 is 2.14 bits per heavy atom. The lowest BCUT2D eigenvalue weighted by atomic mass is 9.94. The molecule has 0 aliphatic heterocycles. The zero-order valence-corrected chi connectivity index (χ0v) is 15.2. The van der Waals surface area contributed by atoms with E-state index >= 15 is 0 Å². The van der Waals surface area contributed by atoms with Crippen LogP contribution in [0.1, 0.15) is 29.8 Å². The van der Waals surface area contributed by atoms with Crippen LogP contribution in [0.5, 0.6) is 0 Å². The van der Waals surface area contributed by atoms with E-state index in [1.165, 1.54) is 32.0 Å². The van der Waals surface area contributed by atoms with Gasteiger partial charge in [0.05, 0.1) is 28.8 Å². The van der Waals surface area contributed by atoms with Crippen molar-refractivity contribution in [3.8, 4) is 0 Å². The predicted octanol–water partition coefficient (Wildman–Crippen LogP) is 3.23. The Morgan fingerprint density at radius 2 is 1.57 bits per heavy atom. The fraction of sp³-hybridized carbons (Fsp3) is 0.263. The van der Waals surface area contributed by atoms with Crippen LogP contribution in [0.3, 0.4) is 0 Å². The molecule has 2 rings (SSSR count). The van der Waals surface area contributed by atoms with E-state index in [1.54, 1.807) is 18.2 Å². The van der Waals surface area contributed by atoms with E-state index in [0.29, 0.717) is 11.4 Å². The molecule has 0 heterocycles. The van der Waals surface area contributed by atoms with Crippen LogP contribution in [0.25, 0.3) is 0 Å². The van der Waals surface area contributed by atoms with Crippen molar-refractivity contribution < 1.29 is 27.9 Å². The van der Waals surface area contributed by atoms with Gasteiger partial charge in [-0.25, -0.2) is 0 Å². The van der Waals surface area contributed by atoms with Gasteiger partial charge in [0.1, 0.15) is 0 Å². The Kier molecular flexibility index (Phi) is 6.30. The Morgan fingerprint density at radius 1 is 0.964 bits per heavy atom. The van der Waals surface area contributed by atoms with Crippen molar-refractivity contribution in [3.63, 3.8) is 0 Å². The normalized spacial score (nSPS) is 11.6. The van der Waals surface area contributed by atoms with E-state index in [4.69, 9.17) is 0 Å². The maximum absolute atomic E-state index is 12.7. The highest BCUT2D eigenvalue weighted by atomic mass is 19.4. The molecular formula is C19H20F3N3O3. The van der Waals surface area contributed by atoms with Crippen LogP contribution in [0.15, 0.2) is 48.5 Å². The number of aliphatic hydroxyl groups is 1. The van der Waals surface area contributed by atoms with Gasteiger partial charge >= 0.3 is 6.18 Å². The van der Waals surface area contributed by atoms with Gasteiger partial charge in [-0.2, -0.15) is 13.2 Å². The van der Waals surface area contributed by atoms with Gasteiger partial charge in [0.15, 0.2) is 0 Å². The molecule has 0 aromatic heterocycles. The summed E-state index contributed by atoms with van der Waals surface area (Å²) in [5, 5.41) is 12.1. The van der Waals surface area contributed by atoms with E-state index in [9.17, 15) is 27.9 Å². The van der Waals surface area contributed by atoms with Crippen LogP contribution in [0, 0.1) is 5.41 Å². The number of hydrogen-bond donors (Lipinski definition) is 4. The minimum Gasteiger partial charge on any atom is -0.395 e. The number of rotatable bonds is 5. The van der Waals surface area contributed by atoms with E-state index in [-0.39, 0.29) is 5.56 Å². The largest absolute Gasteiger partial charge is 0.416 e. The van der Waals surface area contributed by atoms with Crippen molar-refractivity contribution in [2.45, 2.75) is 20.0 Å². The van der Waals surface area contributed by atoms with Crippen molar-refractivity contribution >= 4 is 23.2 Å². The van der Waals surface area contributed by atoms with Crippen molar-refractivity contribution in [2.24, 2.45) is 5.41 Å². The first-order valence-electron chi connectivity index (χ1n) is 8.29. The van der Waals surface area contributed by atoms with Gasteiger partial charge in [0, 0.05) is 5.69 Å². The summed E-state index contributed by atoms with van der Waals surface area (Å²) in [6.07, 6.45) is -4.43. The molecule has 0 atom stereocenters. The molecule has 2 aromatic carbocycles. The maximum Gasteiger partial charge on any atom is 0.416 e. The maximum atomic E-state index is 12.7. The first-order chi connectivity index (χ1) is 13.0. The summed E-state index contributed by atoms with van der Waals surface area (Å²) >= 11 is 0. The Bertz CT molecular complexity index is 849. The highest BCUT2D eigenvalue weighted by Gasteiger charge is 2.30.